The molecule has 7 heteroatoms. The van der Waals surface area contributed by atoms with Gasteiger partial charge in [0.2, 0.25) is 20.9 Å². The van der Waals surface area contributed by atoms with Gasteiger partial charge < -0.3 is 4.90 Å². The molecule has 0 radical (unpaired) electrons. The third kappa shape index (κ3) is 2.96. The first-order valence-corrected chi connectivity index (χ1v) is 8.95. The van der Waals surface area contributed by atoms with E-state index in [-0.39, 0.29) is 11.2 Å². The average Bonchev–Trinajstić information content (AvgIpc) is 2.83. The van der Waals surface area contributed by atoms with E-state index in [0.717, 1.165) is 23.2 Å². The number of fused-ring (bicyclic) bond motifs is 1. The number of hydrogen-bond donors (Lipinski definition) is 0. The van der Waals surface area contributed by atoms with Gasteiger partial charge in [-0.15, -0.1) is 0 Å². The van der Waals surface area contributed by atoms with Gasteiger partial charge in [0.15, 0.2) is 0 Å². The molecule has 0 aliphatic carbocycles. The number of amides is 1. The highest BCUT2D eigenvalue weighted by Crippen LogP contribution is 2.32. The van der Waals surface area contributed by atoms with Crippen LogP contribution in [0.15, 0.2) is 41.8 Å². The Morgan fingerprint density at radius 2 is 1.91 bits per heavy atom. The summed E-state index contributed by atoms with van der Waals surface area (Å²) in [7, 11) is -3.85. The van der Waals surface area contributed by atoms with Gasteiger partial charge in [0.05, 0.1) is 0 Å². The van der Waals surface area contributed by atoms with E-state index in [1.54, 1.807) is 11.8 Å². The maximum Gasteiger partial charge on any atom is 0.247 e. The lowest BCUT2D eigenvalue weighted by molar-refractivity contribution is -0.116. The third-order valence-electron chi connectivity index (χ3n) is 3.82. The lowest BCUT2D eigenvalue weighted by Crippen LogP contribution is -2.39. The van der Waals surface area contributed by atoms with Crippen molar-refractivity contribution in [3.05, 3.63) is 47.8 Å². The summed E-state index contributed by atoms with van der Waals surface area (Å²) in [6.45, 7) is 3.68. The van der Waals surface area contributed by atoms with Gasteiger partial charge in [-0.3, -0.25) is 4.79 Å². The molecule has 1 amide bonds. The van der Waals surface area contributed by atoms with Crippen molar-refractivity contribution in [3.63, 3.8) is 0 Å². The minimum Gasteiger partial charge on any atom is -0.308 e. The fourth-order valence-corrected chi connectivity index (χ4v) is 3.80. The van der Waals surface area contributed by atoms with Crippen molar-refractivity contribution in [2.75, 3.05) is 10.7 Å². The number of rotatable bonds is 3. The fraction of sp³-hybridized carbons (Fsp3) is 0.312. The molecule has 2 aromatic rings. The number of sulfone groups is 1. The largest absolute Gasteiger partial charge is 0.308 e. The second-order valence-corrected chi connectivity index (χ2v) is 7.63. The number of benzene rings is 1. The zero-order valence-electron chi connectivity index (χ0n) is 12.9. The van der Waals surface area contributed by atoms with Gasteiger partial charge in [0.1, 0.15) is 5.75 Å². The van der Waals surface area contributed by atoms with Gasteiger partial charge >= 0.3 is 0 Å². The summed E-state index contributed by atoms with van der Waals surface area (Å²) in [4.78, 5) is 21.8. The van der Waals surface area contributed by atoms with Crippen LogP contribution in [0, 0.1) is 6.92 Å². The molecular weight excluding hydrogens is 314 g/mol. The van der Waals surface area contributed by atoms with Crippen LogP contribution in [0.2, 0.25) is 0 Å². The van der Waals surface area contributed by atoms with Gasteiger partial charge in [-0.25, -0.2) is 18.4 Å². The highest BCUT2D eigenvalue weighted by atomic mass is 32.2. The summed E-state index contributed by atoms with van der Waals surface area (Å²) in [5.74, 6) is -1.08. The molecule has 0 N–H and O–H groups in total. The molecule has 1 aromatic heterocycles. The van der Waals surface area contributed by atoms with Gasteiger partial charge in [-0.05, 0) is 37.5 Å². The molecule has 2 heterocycles. The van der Waals surface area contributed by atoms with Crippen LogP contribution in [0.4, 0.5) is 5.69 Å². The van der Waals surface area contributed by atoms with E-state index in [1.807, 2.05) is 31.2 Å². The van der Waals surface area contributed by atoms with Crippen molar-refractivity contribution in [1.82, 2.24) is 9.97 Å². The van der Waals surface area contributed by atoms with E-state index in [4.69, 9.17) is 0 Å². The second kappa shape index (κ2) is 5.73. The standard InChI is InChI=1S/C16H17N3O3S/c1-11-8-17-16(18-9-11)23(21,22)10-15(20)19-12(2)7-13-5-3-4-6-14(13)19/h3-6,8-9,12H,7,10H2,1-2H3. The molecule has 0 spiro atoms. The Morgan fingerprint density at radius 1 is 1.26 bits per heavy atom. The third-order valence-corrected chi connectivity index (χ3v) is 5.22. The molecule has 1 atom stereocenters. The highest BCUT2D eigenvalue weighted by molar-refractivity contribution is 7.92. The van der Waals surface area contributed by atoms with E-state index in [9.17, 15) is 13.2 Å². The molecule has 1 aliphatic rings. The van der Waals surface area contributed by atoms with Gasteiger partial charge in [0, 0.05) is 24.1 Å². The molecule has 1 aliphatic heterocycles. The Balaban J connectivity index is 1.86. The van der Waals surface area contributed by atoms with E-state index < -0.39 is 21.5 Å². The molecule has 23 heavy (non-hydrogen) atoms. The van der Waals surface area contributed by atoms with Crippen LogP contribution < -0.4 is 4.90 Å². The molecule has 1 unspecified atom stereocenters. The Labute approximate surface area is 135 Å². The number of para-hydroxylation sites is 1. The van der Waals surface area contributed by atoms with Crippen LogP contribution >= 0.6 is 0 Å². The van der Waals surface area contributed by atoms with Crippen LogP contribution in [0.3, 0.4) is 0 Å². The van der Waals surface area contributed by atoms with Crippen molar-refractivity contribution in [3.8, 4) is 0 Å². The van der Waals surface area contributed by atoms with Gasteiger partial charge in [0.25, 0.3) is 0 Å². The quantitative estimate of drug-likeness (QED) is 0.797. The lowest BCUT2D eigenvalue weighted by Gasteiger charge is -2.22. The number of carbonyl (C=O) groups is 1. The number of aryl methyl sites for hydroxylation is 1. The predicted molar refractivity (Wildman–Crippen MR) is 85.9 cm³/mol. The first kappa shape index (κ1) is 15.6. The minimum atomic E-state index is -3.85. The Morgan fingerprint density at radius 3 is 2.61 bits per heavy atom. The number of nitrogens with zero attached hydrogens (tertiary/aromatic N) is 3. The molecule has 120 valence electrons. The first-order valence-electron chi connectivity index (χ1n) is 7.30. The van der Waals surface area contributed by atoms with Crippen molar-refractivity contribution in [2.24, 2.45) is 0 Å². The summed E-state index contributed by atoms with van der Waals surface area (Å²) in [6, 6.07) is 7.49. The zero-order chi connectivity index (χ0) is 16.6. The minimum absolute atomic E-state index is 0.0611. The number of hydrogen-bond acceptors (Lipinski definition) is 5. The van der Waals surface area contributed by atoms with E-state index in [0.29, 0.717) is 0 Å². The Bertz CT molecular complexity index is 847. The van der Waals surface area contributed by atoms with Crippen LogP contribution in [0.1, 0.15) is 18.1 Å². The zero-order valence-corrected chi connectivity index (χ0v) is 13.7. The van der Waals surface area contributed by atoms with Crippen LogP contribution in [0.5, 0.6) is 0 Å². The van der Waals surface area contributed by atoms with Crippen LogP contribution in [-0.2, 0) is 21.1 Å². The van der Waals surface area contributed by atoms with Crippen molar-refractivity contribution in [2.45, 2.75) is 31.5 Å². The van der Waals surface area contributed by atoms with Crippen molar-refractivity contribution < 1.29 is 13.2 Å². The number of aromatic nitrogens is 2. The van der Waals surface area contributed by atoms with Crippen molar-refractivity contribution in [1.29, 1.82) is 0 Å². The molecule has 0 fully saturated rings. The normalized spacial score (nSPS) is 17.1. The molecule has 3 rings (SSSR count). The molecular formula is C16H17N3O3S. The molecule has 0 bridgehead atoms. The smallest absolute Gasteiger partial charge is 0.247 e. The van der Waals surface area contributed by atoms with Crippen LogP contribution in [0.25, 0.3) is 0 Å². The van der Waals surface area contributed by atoms with E-state index in [2.05, 4.69) is 9.97 Å². The summed E-state index contributed by atoms with van der Waals surface area (Å²) in [5, 5.41) is -0.309. The summed E-state index contributed by atoms with van der Waals surface area (Å²) in [6.07, 6.45) is 3.58. The number of carbonyl (C=O) groups excluding carboxylic acids is 1. The summed E-state index contributed by atoms with van der Waals surface area (Å²) >= 11 is 0. The molecule has 1 aromatic carbocycles. The number of anilines is 1. The lowest BCUT2D eigenvalue weighted by atomic mass is 10.1. The summed E-state index contributed by atoms with van der Waals surface area (Å²) in [5.41, 5.74) is 2.60. The molecule has 0 saturated heterocycles. The van der Waals surface area contributed by atoms with E-state index >= 15 is 0 Å². The maximum atomic E-state index is 12.6. The summed E-state index contributed by atoms with van der Waals surface area (Å²) < 4.78 is 24.7. The van der Waals surface area contributed by atoms with Gasteiger partial charge in [-0.2, -0.15) is 0 Å². The van der Waals surface area contributed by atoms with Crippen molar-refractivity contribution >= 4 is 21.4 Å². The SMILES string of the molecule is Cc1cnc(S(=O)(=O)CC(=O)N2c3ccccc3CC2C)nc1. The fourth-order valence-electron chi connectivity index (χ4n) is 2.78. The monoisotopic (exact) mass is 331 g/mol. The second-order valence-electron chi connectivity index (χ2n) is 5.75. The first-order chi connectivity index (χ1) is 10.9. The topological polar surface area (TPSA) is 80.2 Å². The van der Waals surface area contributed by atoms with Gasteiger partial charge in [-0.1, -0.05) is 18.2 Å². The predicted octanol–water partition coefficient (Wildman–Crippen LogP) is 1.54. The Kier molecular flexibility index (Phi) is 3.89. The highest BCUT2D eigenvalue weighted by Gasteiger charge is 2.34. The molecule has 0 saturated carbocycles. The molecule has 6 nitrogen and oxygen atoms in total. The average molecular weight is 331 g/mol. The Hall–Kier alpha value is -2.28. The van der Waals surface area contributed by atoms with Crippen LogP contribution in [-0.4, -0.2) is 36.1 Å². The maximum absolute atomic E-state index is 12.6. The van der Waals surface area contributed by atoms with E-state index in [1.165, 1.54) is 12.4 Å².